The highest BCUT2D eigenvalue weighted by atomic mass is 32.2. The molecule has 4 N–H and O–H groups in total. The first-order valence-corrected chi connectivity index (χ1v) is 8.83. The first-order valence-electron chi connectivity index (χ1n) is 6.79. The van der Waals surface area contributed by atoms with E-state index < -0.39 is 0 Å². The van der Waals surface area contributed by atoms with Crippen LogP contribution in [0.5, 0.6) is 0 Å². The van der Waals surface area contributed by atoms with Gasteiger partial charge in [0.2, 0.25) is 0 Å². The molecule has 0 bridgehead atoms. The minimum absolute atomic E-state index is 0.123. The fourth-order valence-corrected chi connectivity index (χ4v) is 4.41. The van der Waals surface area contributed by atoms with Gasteiger partial charge < -0.3 is 16.4 Å². The molecule has 1 fully saturated rings. The zero-order valence-corrected chi connectivity index (χ0v) is 13.3. The van der Waals surface area contributed by atoms with Crippen LogP contribution in [0.25, 0.3) is 0 Å². The van der Waals surface area contributed by atoms with Crippen LogP contribution in [0.4, 0.5) is 10.7 Å². The van der Waals surface area contributed by atoms with E-state index in [2.05, 4.69) is 17.2 Å². The van der Waals surface area contributed by atoms with Crippen molar-refractivity contribution in [3.05, 3.63) is 17.5 Å². The molecule has 0 aromatic carbocycles. The lowest BCUT2D eigenvalue weighted by atomic mass is 10.2. The van der Waals surface area contributed by atoms with Crippen molar-refractivity contribution in [3.63, 3.8) is 0 Å². The second kappa shape index (κ2) is 7.04. The lowest BCUT2D eigenvalue weighted by Gasteiger charge is -2.12. The van der Waals surface area contributed by atoms with E-state index in [4.69, 9.17) is 5.73 Å². The second-order valence-electron chi connectivity index (χ2n) is 4.83. The number of hydrogen-bond donors (Lipinski definition) is 3. The van der Waals surface area contributed by atoms with Crippen molar-refractivity contribution in [1.29, 1.82) is 0 Å². The Hall–Kier alpha value is -1.14. The maximum absolute atomic E-state index is 12.1. The van der Waals surface area contributed by atoms with Crippen molar-refractivity contribution < 1.29 is 4.79 Å². The average Bonchev–Trinajstić information content (AvgIpc) is 3.05. The van der Waals surface area contributed by atoms with Crippen LogP contribution in [0.3, 0.4) is 0 Å². The van der Waals surface area contributed by atoms with Crippen LogP contribution in [0.15, 0.2) is 17.6 Å². The van der Waals surface area contributed by atoms with E-state index in [0.29, 0.717) is 23.2 Å². The molecule has 1 heterocycles. The van der Waals surface area contributed by atoms with E-state index in [0.717, 1.165) is 9.90 Å². The van der Waals surface area contributed by atoms with Crippen LogP contribution in [-0.2, 0) is 0 Å². The highest BCUT2D eigenvalue weighted by Gasteiger charge is 2.23. The maximum Gasteiger partial charge on any atom is 0.263 e. The molecule has 0 radical (unpaired) electrons. The summed E-state index contributed by atoms with van der Waals surface area (Å²) in [5.74, 6) is -0.123. The van der Waals surface area contributed by atoms with Gasteiger partial charge in [0.05, 0.1) is 10.6 Å². The van der Waals surface area contributed by atoms with Crippen molar-refractivity contribution in [2.45, 2.75) is 36.6 Å². The third-order valence-electron chi connectivity index (χ3n) is 3.41. The van der Waals surface area contributed by atoms with Crippen molar-refractivity contribution in [2.75, 3.05) is 23.9 Å². The van der Waals surface area contributed by atoms with Gasteiger partial charge in [0.15, 0.2) is 0 Å². The van der Waals surface area contributed by atoms with Gasteiger partial charge in [-0.05, 0) is 19.1 Å². The number of thioether (sulfide) groups is 1. The Labute approximate surface area is 128 Å². The molecule has 0 spiro atoms. The van der Waals surface area contributed by atoms with Crippen LogP contribution in [0, 0.1) is 0 Å². The van der Waals surface area contributed by atoms with Gasteiger partial charge in [-0.3, -0.25) is 4.79 Å². The Kier molecular flexibility index (Phi) is 5.37. The van der Waals surface area contributed by atoms with Crippen molar-refractivity contribution in [2.24, 2.45) is 0 Å². The first kappa shape index (κ1) is 15.3. The summed E-state index contributed by atoms with van der Waals surface area (Å²) in [7, 11) is 0. The number of nitrogens with two attached hydrogens (primary N) is 1. The molecule has 1 aromatic rings. The number of thiophene rings is 1. The molecule has 1 aromatic heterocycles. The molecule has 0 unspecified atom stereocenters. The van der Waals surface area contributed by atoms with Crippen LogP contribution in [0.1, 0.15) is 35.4 Å². The van der Waals surface area contributed by atoms with Gasteiger partial charge in [-0.1, -0.05) is 18.9 Å². The summed E-state index contributed by atoms with van der Waals surface area (Å²) in [5, 5.41) is 7.37. The summed E-state index contributed by atoms with van der Waals surface area (Å²) in [6, 6.07) is 0.517. The number of rotatable bonds is 6. The molecule has 1 saturated carbocycles. The molecule has 4 nitrogen and oxygen atoms in total. The van der Waals surface area contributed by atoms with Gasteiger partial charge in [-0.25, -0.2) is 0 Å². The molecule has 20 heavy (non-hydrogen) atoms. The quantitative estimate of drug-likeness (QED) is 0.557. The Morgan fingerprint density at radius 2 is 2.25 bits per heavy atom. The fraction of sp³-hybridized carbons (Fsp3) is 0.500. The van der Waals surface area contributed by atoms with E-state index in [9.17, 15) is 4.79 Å². The van der Waals surface area contributed by atoms with Gasteiger partial charge in [-0.2, -0.15) is 0 Å². The molecule has 110 valence electrons. The number of nitrogen functional groups attached to an aromatic ring is 1. The van der Waals surface area contributed by atoms with Crippen LogP contribution in [-0.4, -0.2) is 24.7 Å². The summed E-state index contributed by atoms with van der Waals surface area (Å²) in [6.45, 7) is 4.05. The largest absolute Gasteiger partial charge is 0.396 e. The average molecular weight is 311 g/mol. The SMILES string of the molecule is C=CCNC(=O)c1sc(NC2CCCC2)c(SC)c1N. The molecule has 2 rings (SSSR count). The van der Waals surface area contributed by atoms with Gasteiger partial charge in [0, 0.05) is 12.6 Å². The zero-order chi connectivity index (χ0) is 14.5. The number of nitrogens with one attached hydrogen (secondary N) is 2. The van der Waals surface area contributed by atoms with Crippen molar-refractivity contribution >= 4 is 39.7 Å². The smallest absolute Gasteiger partial charge is 0.263 e. The molecule has 0 atom stereocenters. The highest BCUT2D eigenvalue weighted by Crippen LogP contribution is 2.42. The summed E-state index contributed by atoms with van der Waals surface area (Å²) in [5.41, 5.74) is 6.71. The molecule has 6 heteroatoms. The highest BCUT2D eigenvalue weighted by molar-refractivity contribution is 7.99. The van der Waals surface area contributed by atoms with Crippen molar-refractivity contribution in [3.8, 4) is 0 Å². The van der Waals surface area contributed by atoms with Crippen LogP contribution in [0.2, 0.25) is 0 Å². The van der Waals surface area contributed by atoms with Gasteiger partial charge in [0.1, 0.15) is 9.88 Å². The Morgan fingerprint density at radius 3 is 2.85 bits per heavy atom. The minimum atomic E-state index is -0.123. The van der Waals surface area contributed by atoms with Gasteiger partial charge >= 0.3 is 0 Å². The number of carbonyl (C=O) groups is 1. The van der Waals surface area contributed by atoms with E-state index in [1.165, 1.54) is 37.0 Å². The fourth-order valence-electron chi connectivity index (χ4n) is 2.40. The molecule has 0 aliphatic heterocycles. The van der Waals surface area contributed by atoms with Crippen LogP contribution >= 0.6 is 23.1 Å². The van der Waals surface area contributed by atoms with E-state index in [-0.39, 0.29) is 5.91 Å². The predicted octanol–water partition coefficient (Wildman–Crippen LogP) is 3.32. The summed E-state index contributed by atoms with van der Waals surface area (Å²) >= 11 is 3.04. The van der Waals surface area contributed by atoms with E-state index in [1.54, 1.807) is 17.8 Å². The zero-order valence-electron chi connectivity index (χ0n) is 11.7. The molecule has 1 amide bonds. The molecular formula is C14H21N3OS2. The lowest BCUT2D eigenvalue weighted by Crippen LogP contribution is -2.23. The Bertz CT molecular complexity index is 493. The molecular weight excluding hydrogens is 290 g/mol. The molecule has 0 saturated heterocycles. The first-order chi connectivity index (χ1) is 9.67. The summed E-state index contributed by atoms with van der Waals surface area (Å²) in [6.07, 6.45) is 8.60. The summed E-state index contributed by atoms with van der Waals surface area (Å²) < 4.78 is 0. The molecule has 1 aliphatic carbocycles. The second-order valence-corrected chi connectivity index (χ2v) is 6.67. The molecule has 1 aliphatic rings. The summed E-state index contributed by atoms with van der Waals surface area (Å²) in [4.78, 5) is 13.7. The predicted molar refractivity (Wildman–Crippen MR) is 88.9 cm³/mol. The third-order valence-corrected chi connectivity index (χ3v) is 5.50. The topological polar surface area (TPSA) is 67.2 Å². The Morgan fingerprint density at radius 1 is 1.55 bits per heavy atom. The standard InChI is InChI=1S/C14H21N3OS2/c1-3-8-16-13(18)11-10(15)12(19-2)14(20-11)17-9-6-4-5-7-9/h3,9,17H,1,4-8,15H2,2H3,(H,16,18). The number of hydrogen-bond acceptors (Lipinski definition) is 5. The normalized spacial score (nSPS) is 15.2. The monoisotopic (exact) mass is 311 g/mol. The lowest BCUT2D eigenvalue weighted by molar-refractivity contribution is 0.0963. The maximum atomic E-state index is 12.1. The minimum Gasteiger partial charge on any atom is -0.396 e. The van der Waals surface area contributed by atoms with Crippen LogP contribution < -0.4 is 16.4 Å². The van der Waals surface area contributed by atoms with Crippen molar-refractivity contribution in [1.82, 2.24) is 5.32 Å². The number of amides is 1. The van der Waals surface area contributed by atoms with Gasteiger partial charge in [0.25, 0.3) is 5.91 Å². The number of carbonyl (C=O) groups excluding carboxylic acids is 1. The van der Waals surface area contributed by atoms with E-state index >= 15 is 0 Å². The van der Waals surface area contributed by atoms with Gasteiger partial charge in [-0.15, -0.1) is 29.7 Å². The van der Waals surface area contributed by atoms with E-state index in [1.807, 2.05) is 6.26 Å². The number of anilines is 2. The Balaban J connectivity index is 2.18. The third kappa shape index (κ3) is 3.30.